The maximum atomic E-state index is 12.3. The molecule has 1 aliphatic rings. The van der Waals surface area contributed by atoms with Crippen LogP contribution in [-0.2, 0) is 10.0 Å². The topological polar surface area (TPSA) is 53.5 Å². The molecule has 0 radical (unpaired) electrons. The molecule has 0 bridgehead atoms. The molecule has 1 aliphatic heterocycles. The molecule has 0 saturated carbocycles. The van der Waals surface area contributed by atoms with Crippen molar-refractivity contribution in [3.63, 3.8) is 0 Å². The Labute approximate surface area is 155 Å². The van der Waals surface area contributed by atoms with Gasteiger partial charge >= 0.3 is 0 Å². The molecule has 1 saturated heterocycles. The molecule has 0 aromatic carbocycles. The zero-order valence-electron chi connectivity index (χ0n) is 14.5. The first-order valence-electron chi connectivity index (χ1n) is 8.54. The Morgan fingerprint density at radius 3 is 2.64 bits per heavy atom. The molecular formula is C18H24ClN3O2S. The van der Waals surface area contributed by atoms with Crippen molar-refractivity contribution in [3.05, 3.63) is 34.8 Å². The monoisotopic (exact) mass is 381 g/mol. The molecule has 1 aromatic heterocycles. The highest BCUT2D eigenvalue weighted by atomic mass is 35.5. The number of nitrogens with zero attached hydrogens (tertiary/aromatic N) is 3. The van der Waals surface area contributed by atoms with Gasteiger partial charge in [-0.1, -0.05) is 43.2 Å². The number of anilines is 1. The van der Waals surface area contributed by atoms with E-state index in [1.165, 1.54) is 15.8 Å². The summed E-state index contributed by atoms with van der Waals surface area (Å²) in [6.07, 6.45) is 7.22. The van der Waals surface area contributed by atoms with Crippen LogP contribution >= 0.6 is 11.6 Å². The summed E-state index contributed by atoms with van der Waals surface area (Å²) in [7, 11) is -3.41. The number of hydrogen-bond donors (Lipinski definition) is 0. The van der Waals surface area contributed by atoms with Crippen LogP contribution in [0.3, 0.4) is 0 Å². The average molecular weight is 382 g/mol. The highest BCUT2D eigenvalue weighted by Gasteiger charge is 2.25. The van der Waals surface area contributed by atoms with E-state index < -0.39 is 10.0 Å². The van der Waals surface area contributed by atoms with Crippen molar-refractivity contribution in [2.24, 2.45) is 0 Å². The summed E-state index contributed by atoms with van der Waals surface area (Å²) in [4.78, 5) is 6.33. The highest BCUT2D eigenvalue weighted by molar-refractivity contribution is 7.92. The fourth-order valence-corrected chi connectivity index (χ4v) is 3.72. The smallest absolute Gasteiger partial charge is 0.236 e. The van der Waals surface area contributed by atoms with E-state index >= 15 is 0 Å². The third-order valence-corrected chi connectivity index (χ3v) is 5.75. The molecule has 1 fully saturated rings. The van der Waals surface area contributed by atoms with E-state index in [9.17, 15) is 8.42 Å². The van der Waals surface area contributed by atoms with Gasteiger partial charge in [0.1, 0.15) is 5.82 Å². The lowest BCUT2D eigenvalue weighted by atomic mass is 10.2. The zero-order valence-corrected chi connectivity index (χ0v) is 16.1. The summed E-state index contributed by atoms with van der Waals surface area (Å²) in [5.74, 6) is 6.61. The summed E-state index contributed by atoms with van der Waals surface area (Å²) in [6.45, 7) is 4.21. The third-order valence-electron chi connectivity index (χ3n) is 3.97. The Balaban J connectivity index is 1.85. The first-order chi connectivity index (χ1) is 12.0. The number of hydrogen-bond acceptors (Lipinski definition) is 4. The van der Waals surface area contributed by atoms with Crippen LogP contribution in [-0.4, -0.2) is 43.9 Å². The molecule has 1 aromatic rings. The second-order valence-electron chi connectivity index (χ2n) is 5.85. The summed E-state index contributed by atoms with van der Waals surface area (Å²) in [6, 6.07) is 3.63. The minimum absolute atomic E-state index is 0.431. The van der Waals surface area contributed by atoms with Crippen molar-refractivity contribution in [1.82, 2.24) is 9.29 Å². The molecule has 2 heterocycles. The molecule has 5 nitrogen and oxygen atoms in total. The Hall–Kier alpha value is -1.55. The molecule has 0 aliphatic carbocycles. The van der Waals surface area contributed by atoms with Crippen molar-refractivity contribution in [2.45, 2.75) is 32.6 Å². The van der Waals surface area contributed by atoms with Crippen LogP contribution in [0.15, 0.2) is 29.8 Å². The van der Waals surface area contributed by atoms with Gasteiger partial charge in [0.2, 0.25) is 10.0 Å². The van der Waals surface area contributed by atoms with Gasteiger partial charge in [0.05, 0.1) is 10.4 Å². The van der Waals surface area contributed by atoms with Gasteiger partial charge in [0, 0.05) is 44.9 Å². The third kappa shape index (κ3) is 6.35. The Morgan fingerprint density at radius 1 is 1.24 bits per heavy atom. The van der Waals surface area contributed by atoms with Gasteiger partial charge in [-0.25, -0.2) is 13.4 Å². The van der Waals surface area contributed by atoms with E-state index in [2.05, 4.69) is 28.6 Å². The molecule has 0 atom stereocenters. The standard InChI is InChI=1S/C18H24ClN3O2S/c1-2-3-4-5-6-7-8-15-25(23,24)22-13-11-21(12-14-22)18-10-9-17(19)16-20-18/h8-10,15-16H,2-5,11-14H2,1H3. The van der Waals surface area contributed by atoms with Gasteiger partial charge in [-0.3, -0.25) is 0 Å². The van der Waals surface area contributed by atoms with Crippen LogP contribution in [0.1, 0.15) is 32.6 Å². The lowest BCUT2D eigenvalue weighted by Gasteiger charge is -2.34. The molecule has 0 amide bonds. The minimum atomic E-state index is -3.41. The van der Waals surface area contributed by atoms with Crippen molar-refractivity contribution >= 4 is 27.4 Å². The highest BCUT2D eigenvalue weighted by Crippen LogP contribution is 2.17. The summed E-state index contributed by atoms with van der Waals surface area (Å²) in [5, 5.41) is 1.79. The lowest BCUT2D eigenvalue weighted by Crippen LogP contribution is -2.48. The fraction of sp³-hybridized carbons (Fsp3) is 0.500. The SMILES string of the molecule is CCCCCC#CC=CS(=O)(=O)N1CCN(c2ccc(Cl)cn2)CC1. The van der Waals surface area contributed by atoms with Gasteiger partial charge in [-0.05, 0) is 18.6 Å². The molecule has 0 unspecified atom stereocenters. The number of pyridine rings is 1. The zero-order chi connectivity index (χ0) is 18.1. The number of allylic oxidation sites excluding steroid dienone is 1. The van der Waals surface area contributed by atoms with Crippen molar-refractivity contribution in [1.29, 1.82) is 0 Å². The number of aromatic nitrogens is 1. The van der Waals surface area contributed by atoms with Crippen LogP contribution in [0, 0.1) is 11.8 Å². The quantitative estimate of drug-likeness (QED) is 0.560. The van der Waals surface area contributed by atoms with E-state index in [0.717, 1.165) is 31.5 Å². The van der Waals surface area contributed by atoms with Crippen molar-refractivity contribution < 1.29 is 8.42 Å². The van der Waals surface area contributed by atoms with Gasteiger partial charge in [-0.15, -0.1) is 0 Å². The molecular weight excluding hydrogens is 358 g/mol. The first-order valence-corrected chi connectivity index (χ1v) is 10.4. The number of unbranched alkanes of at least 4 members (excludes halogenated alkanes) is 3. The van der Waals surface area contributed by atoms with Crippen LogP contribution < -0.4 is 4.90 Å². The van der Waals surface area contributed by atoms with Crippen LogP contribution in [0.25, 0.3) is 0 Å². The van der Waals surface area contributed by atoms with Gasteiger partial charge in [0.25, 0.3) is 0 Å². The van der Waals surface area contributed by atoms with E-state index in [4.69, 9.17) is 11.6 Å². The van der Waals surface area contributed by atoms with Gasteiger partial charge < -0.3 is 4.90 Å². The summed E-state index contributed by atoms with van der Waals surface area (Å²) in [5.41, 5.74) is 0. The predicted molar refractivity (Wildman–Crippen MR) is 103 cm³/mol. The Bertz CT molecular complexity index is 728. The van der Waals surface area contributed by atoms with Crippen molar-refractivity contribution in [3.8, 4) is 11.8 Å². The second-order valence-corrected chi connectivity index (χ2v) is 8.10. The maximum Gasteiger partial charge on any atom is 0.236 e. The molecule has 136 valence electrons. The van der Waals surface area contributed by atoms with E-state index in [1.807, 2.05) is 6.07 Å². The second kappa shape index (κ2) is 9.81. The van der Waals surface area contributed by atoms with E-state index in [-0.39, 0.29) is 0 Å². The van der Waals surface area contributed by atoms with Gasteiger partial charge in [-0.2, -0.15) is 4.31 Å². The lowest BCUT2D eigenvalue weighted by molar-refractivity contribution is 0.389. The molecule has 0 spiro atoms. The number of halogens is 1. The maximum absolute atomic E-state index is 12.3. The number of piperazine rings is 1. The average Bonchev–Trinajstić information content (AvgIpc) is 2.62. The largest absolute Gasteiger partial charge is 0.354 e. The summed E-state index contributed by atoms with van der Waals surface area (Å²) >= 11 is 5.84. The minimum Gasteiger partial charge on any atom is -0.354 e. The fourth-order valence-electron chi connectivity index (χ4n) is 2.53. The number of sulfonamides is 1. The van der Waals surface area contributed by atoms with Crippen LogP contribution in [0.4, 0.5) is 5.82 Å². The van der Waals surface area contributed by atoms with Crippen molar-refractivity contribution in [2.75, 3.05) is 31.1 Å². The molecule has 0 N–H and O–H groups in total. The Morgan fingerprint density at radius 2 is 2.00 bits per heavy atom. The first kappa shape index (κ1) is 19.8. The predicted octanol–water partition coefficient (Wildman–Crippen LogP) is 3.28. The molecule has 2 rings (SSSR count). The van der Waals surface area contributed by atoms with E-state index in [1.54, 1.807) is 12.3 Å². The number of rotatable bonds is 6. The van der Waals surface area contributed by atoms with Gasteiger partial charge in [0.15, 0.2) is 0 Å². The summed E-state index contributed by atoms with van der Waals surface area (Å²) < 4.78 is 26.1. The molecule has 7 heteroatoms. The van der Waals surface area contributed by atoms with Crippen LogP contribution in [0.2, 0.25) is 5.02 Å². The Kier molecular flexibility index (Phi) is 7.76. The normalized spacial score (nSPS) is 16.0. The van der Waals surface area contributed by atoms with E-state index in [0.29, 0.717) is 31.2 Å². The van der Waals surface area contributed by atoms with Crippen LogP contribution in [0.5, 0.6) is 0 Å². The molecule has 25 heavy (non-hydrogen) atoms.